The smallest absolute Gasteiger partial charge is 0.306 e. The normalized spacial score (nSPS) is 22.4. The molecule has 0 radical (unpaired) electrons. The largest absolute Gasteiger partial charge is 0.491 e. The number of piperazine rings is 1. The minimum atomic E-state index is -1.09. The molecule has 0 aliphatic carbocycles. The van der Waals surface area contributed by atoms with Gasteiger partial charge in [-0.1, -0.05) is 36.2 Å². The average Bonchev–Trinajstić information content (AvgIpc) is 3.61. The van der Waals surface area contributed by atoms with Crippen LogP contribution in [0.4, 0.5) is 5.69 Å². The highest BCUT2D eigenvalue weighted by Gasteiger charge is 2.45. The van der Waals surface area contributed by atoms with Gasteiger partial charge in [0, 0.05) is 54.8 Å². The van der Waals surface area contributed by atoms with Gasteiger partial charge in [0.2, 0.25) is 5.79 Å². The number of hydrogen-bond acceptors (Lipinski definition) is 7. The molecular weight excluding hydrogens is 555 g/mol. The summed E-state index contributed by atoms with van der Waals surface area (Å²) in [7, 11) is 0. The summed E-state index contributed by atoms with van der Waals surface area (Å²) >= 11 is 12.7. The molecule has 0 amide bonds. The zero-order valence-electron chi connectivity index (χ0n) is 22.4. The Balaban J connectivity index is 1.14. The molecule has 214 valence electrons. The van der Waals surface area contributed by atoms with Crippen LogP contribution in [0.2, 0.25) is 10.0 Å². The number of aliphatic carboxylic acids is 1. The second-order valence-electron chi connectivity index (χ2n) is 10.3. The van der Waals surface area contributed by atoms with Crippen LogP contribution in [0.15, 0.2) is 61.2 Å². The summed E-state index contributed by atoms with van der Waals surface area (Å²) < 4.78 is 20.7. The molecule has 0 spiro atoms. The van der Waals surface area contributed by atoms with E-state index >= 15 is 0 Å². The highest BCUT2D eigenvalue weighted by Crippen LogP contribution is 2.40. The standard InChI is InChI=1S/C29H34Cl2N4O5/c1-21(28(36)37)8-10-33-12-14-35(15-13-33)23-3-5-24(6-4-23)38-17-25-18-39-29(40-25,19-34-11-9-32-20-34)26-7-2-22(30)16-27(26)31/h2-7,9,11,16,20-21,25H,8,10,12-15,17-19H2,1H3,(H,36,37). The van der Waals surface area contributed by atoms with Crippen molar-refractivity contribution in [1.82, 2.24) is 14.5 Å². The molecule has 2 saturated heterocycles. The summed E-state index contributed by atoms with van der Waals surface area (Å²) in [5, 5.41) is 10.1. The zero-order valence-corrected chi connectivity index (χ0v) is 23.9. The number of imidazole rings is 1. The predicted molar refractivity (Wildman–Crippen MR) is 153 cm³/mol. The lowest BCUT2D eigenvalue weighted by Gasteiger charge is -2.36. The number of nitrogens with zero attached hydrogens (tertiary/aromatic N) is 4. The van der Waals surface area contributed by atoms with Crippen molar-refractivity contribution in [1.29, 1.82) is 0 Å². The van der Waals surface area contributed by atoms with Gasteiger partial charge in [0.15, 0.2) is 0 Å². The third kappa shape index (κ3) is 6.90. The van der Waals surface area contributed by atoms with Gasteiger partial charge in [-0.3, -0.25) is 9.69 Å². The van der Waals surface area contributed by atoms with Gasteiger partial charge in [-0.05, 0) is 49.4 Å². The zero-order chi connectivity index (χ0) is 28.1. The molecule has 40 heavy (non-hydrogen) atoms. The third-order valence-electron chi connectivity index (χ3n) is 7.46. The number of aromatic nitrogens is 2. The molecule has 11 heteroatoms. The summed E-state index contributed by atoms with van der Waals surface area (Å²) in [5.74, 6) is -1.37. The van der Waals surface area contributed by atoms with Crippen molar-refractivity contribution >= 4 is 34.9 Å². The van der Waals surface area contributed by atoms with Crippen molar-refractivity contribution in [3.63, 3.8) is 0 Å². The van der Waals surface area contributed by atoms with Crippen molar-refractivity contribution in [2.24, 2.45) is 5.92 Å². The summed E-state index contributed by atoms with van der Waals surface area (Å²) in [6, 6.07) is 13.4. The van der Waals surface area contributed by atoms with Gasteiger partial charge >= 0.3 is 5.97 Å². The van der Waals surface area contributed by atoms with E-state index < -0.39 is 11.8 Å². The van der Waals surface area contributed by atoms with Crippen LogP contribution in [0, 0.1) is 5.92 Å². The fraction of sp³-hybridized carbons (Fsp3) is 0.448. The Hall–Kier alpha value is -2.82. The summed E-state index contributed by atoms with van der Waals surface area (Å²) in [5.41, 5.74) is 1.85. The molecule has 1 aromatic heterocycles. The maximum atomic E-state index is 11.1. The van der Waals surface area contributed by atoms with E-state index in [1.807, 2.05) is 29.0 Å². The van der Waals surface area contributed by atoms with Crippen LogP contribution < -0.4 is 9.64 Å². The SMILES string of the molecule is CC(CCN1CCN(c2ccc(OCC3COC(Cn4ccnc4)(c4ccc(Cl)cc4Cl)O3)cc2)CC1)C(=O)O. The van der Waals surface area contributed by atoms with E-state index in [1.54, 1.807) is 31.6 Å². The quantitative estimate of drug-likeness (QED) is 0.342. The second kappa shape index (κ2) is 12.8. The van der Waals surface area contributed by atoms with Crippen molar-refractivity contribution < 1.29 is 24.1 Å². The molecule has 5 rings (SSSR count). The van der Waals surface area contributed by atoms with E-state index in [0.29, 0.717) is 41.8 Å². The molecule has 1 N–H and O–H groups in total. The Bertz CT molecular complexity index is 1270. The number of halogens is 2. The first kappa shape index (κ1) is 28.7. The first-order chi connectivity index (χ1) is 19.3. The summed E-state index contributed by atoms with van der Waals surface area (Å²) in [6.07, 6.45) is 5.65. The van der Waals surface area contributed by atoms with E-state index in [4.69, 9.17) is 42.5 Å². The van der Waals surface area contributed by atoms with Crippen LogP contribution in [0.3, 0.4) is 0 Å². The molecule has 3 unspecified atom stereocenters. The number of anilines is 1. The van der Waals surface area contributed by atoms with Crippen molar-refractivity contribution in [3.05, 3.63) is 76.8 Å². The topological polar surface area (TPSA) is 89.3 Å². The Labute approximate surface area is 244 Å². The average molecular weight is 590 g/mol. The van der Waals surface area contributed by atoms with Gasteiger partial charge in [-0.15, -0.1) is 0 Å². The van der Waals surface area contributed by atoms with Crippen molar-refractivity contribution in [3.8, 4) is 5.75 Å². The summed E-state index contributed by atoms with van der Waals surface area (Å²) in [6.45, 7) is 7.28. The lowest BCUT2D eigenvalue weighted by molar-refractivity contribution is -0.189. The fourth-order valence-corrected chi connectivity index (χ4v) is 5.60. The van der Waals surface area contributed by atoms with E-state index in [1.165, 1.54) is 0 Å². The lowest BCUT2D eigenvalue weighted by atomic mass is 10.1. The lowest BCUT2D eigenvalue weighted by Crippen LogP contribution is -2.47. The molecule has 2 aromatic carbocycles. The Kier molecular flexibility index (Phi) is 9.17. The minimum absolute atomic E-state index is 0.299. The first-order valence-corrected chi connectivity index (χ1v) is 14.2. The number of hydrogen-bond donors (Lipinski definition) is 1. The number of carboxylic acids is 1. The number of ether oxygens (including phenoxy) is 3. The van der Waals surface area contributed by atoms with Gasteiger partial charge in [-0.2, -0.15) is 0 Å². The van der Waals surface area contributed by atoms with Gasteiger partial charge in [0.1, 0.15) is 18.5 Å². The number of carboxylic acid groups (broad SMARTS) is 1. The Morgan fingerprint density at radius 1 is 1.18 bits per heavy atom. The van der Waals surface area contributed by atoms with Crippen molar-refractivity contribution in [2.75, 3.05) is 50.8 Å². The predicted octanol–water partition coefficient (Wildman–Crippen LogP) is 4.77. The summed E-state index contributed by atoms with van der Waals surface area (Å²) in [4.78, 5) is 19.9. The molecule has 0 saturated carbocycles. The molecule has 3 heterocycles. The second-order valence-corrected chi connectivity index (χ2v) is 11.2. The van der Waals surface area contributed by atoms with Crippen LogP contribution in [-0.2, 0) is 26.6 Å². The Morgan fingerprint density at radius 3 is 2.62 bits per heavy atom. The minimum Gasteiger partial charge on any atom is -0.491 e. The van der Waals surface area contributed by atoms with E-state index in [0.717, 1.165) is 44.2 Å². The van der Waals surface area contributed by atoms with Crippen LogP contribution in [0.1, 0.15) is 18.9 Å². The van der Waals surface area contributed by atoms with E-state index in [2.05, 4.69) is 26.9 Å². The maximum Gasteiger partial charge on any atom is 0.306 e. The first-order valence-electron chi connectivity index (χ1n) is 13.5. The fourth-order valence-electron chi connectivity index (χ4n) is 5.05. The highest BCUT2D eigenvalue weighted by molar-refractivity contribution is 6.35. The molecule has 9 nitrogen and oxygen atoms in total. The maximum absolute atomic E-state index is 11.1. The van der Waals surface area contributed by atoms with Gasteiger partial charge in [0.05, 0.1) is 30.4 Å². The molecule has 2 fully saturated rings. The van der Waals surface area contributed by atoms with E-state index in [-0.39, 0.29) is 12.0 Å². The molecule has 2 aliphatic heterocycles. The number of rotatable bonds is 11. The van der Waals surface area contributed by atoms with Crippen LogP contribution in [0.25, 0.3) is 0 Å². The molecule has 2 aliphatic rings. The number of carbonyl (C=O) groups is 1. The van der Waals surface area contributed by atoms with Crippen LogP contribution in [0.5, 0.6) is 5.75 Å². The molecule has 3 aromatic rings. The molecule has 0 bridgehead atoms. The van der Waals surface area contributed by atoms with E-state index in [9.17, 15) is 4.79 Å². The van der Waals surface area contributed by atoms with Crippen LogP contribution in [-0.4, -0.2) is 77.6 Å². The van der Waals surface area contributed by atoms with Crippen molar-refractivity contribution in [2.45, 2.75) is 31.8 Å². The molecular formula is C29H34Cl2N4O5. The molecule has 3 atom stereocenters. The number of benzene rings is 2. The van der Waals surface area contributed by atoms with Gasteiger partial charge in [0.25, 0.3) is 0 Å². The third-order valence-corrected chi connectivity index (χ3v) is 8.01. The highest BCUT2D eigenvalue weighted by atomic mass is 35.5. The van der Waals surface area contributed by atoms with Gasteiger partial charge in [-0.25, -0.2) is 4.98 Å². The van der Waals surface area contributed by atoms with Gasteiger partial charge < -0.3 is 28.8 Å². The monoisotopic (exact) mass is 588 g/mol. The Morgan fingerprint density at radius 2 is 1.95 bits per heavy atom. The van der Waals surface area contributed by atoms with Crippen LogP contribution >= 0.6 is 23.2 Å².